The number of halogens is 5. The highest BCUT2D eigenvalue weighted by Crippen LogP contribution is 2.17. The molecule has 0 spiro atoms. The zero-order valence-electron chi connectivity index (χ0n) is 11.3. The lowest BCUT2D eigenvalue weighted by molar-refractivity contribution is -0.123. The monoisotopic (exact) mass is 336 g/mol. The second-order valence-electron chi connectivity index (χ2n) is 4.34. The number of carbonyl (C=O) groups is 1. The summed E-state index contributed by atoms with van der Waals surface area (Å²) in [7, 11) is 0. The number of alkyl halides is 3. The molecule has 23 heavy (non-hydrogen) atoms. The Bertz CT molecular complexity index is 699. The van der Waals surface area contributed by atoms with E-state index in [-0.39, 0.29) is 23.8 Å². The zero-order valence-corrected chi connectivity index (χ0v) is 11.3. The summed E-state index contributed by atoms with van der Waals surface area (Å²) in [6.45, 7) is -1.77. The molecular weight excluding hydrogens is 327 g/mol. The summed E-state index contributed by atoms with van der Waals surface area (Å²) in [4.78, 5) is 11.4. The Kier molecular flexibility index (Phi) is 4.82. The molecule has 0 unspecified atom stereocenters. The molecule has 0 fully saturated rings. The van der Waals surface area contributed by atoms with Crippen molar-refractivity contribution in [2.75, 3.05) is 6.54 Å². The van der Waals surface area contributed by atoms with Crippen molar-refractivity contribution in [3.8, 4) is 5.75 Å². The van der Waals surface area contributed by atoms with Crippen molar-refractivity contribution in [1.29, 1.82) is 0 Å². The molecule has 2 aromatic rings. The van der Waals surface area contributed by atoms with E-state index in [2.05, 4.69) is 5.16 Å². The van der Waals surface area contributed by atoms with Crippen LogP contribution < -0.4 is 10.1 Å². The summed E-state index contributed by atoms with van der Waals surface area (Å²) in [5, 5.41) is 4.91. The lowest BCUT2D eigenvalue weighted by Crippen LogP contribution is -2.33. The molecule has 1 heterocycles. The van der Waals surface area contributed by atoms with Gasteiger partial charge in [0.05, 0.1) is 0 Å². The van der Waals surface area contributed by atoms with Crippen LogP contribution in [0.4, 0.5) is 22.0 Å². The molecule has 0 atom stereocenters. The smallest absolute Gasteiger partial charge is 0.405 e. The van der Waals surface area contributed by atoms with E-state index in [4.69, 9.17) is 9.26 Å². The van der Waals surface area contributed by atoms with Crippen LogP contribution in [0.3, 0.4) is 0 Å². The maximum Gasteiger partial charge on any atom is 0.405 e. The summed E-state index contributed by atoms with van der Waals surface area (Å²) in [5.41, 5.74) is -0.363. The Morgan fingerprint density at radius 1 is 1.22 bits per heavy atom. The Labute approximate surface area is 126 Å². The highest BCUT2D eigenvalue weighted by molar-refractivity contribution is 5.92. The van der Waals surface area contributed by atoms with Gasteiger partial charge >= 0.3 is 6.18 Å². The van der Waals surface area contributed by atoms with E-state index in [0.29, 0.717) is 0 Å². The highest BCUT2D eigenvalue weighted by Gasteiger charge is 2.28. The summed E-state index contributed by atoms with van der Waals surface area (Å²) in [6.07, 6.45) is -4.54. The van der Waals surface area contributed by atoms with Crippen LogP contribution in [0.2, 0.25) is 0 Å². The van der Waals surface area contributed by atoms with E-state index in [1.165, 1.54) is 6.07 Å². The van der Waals surface area contributed by atoms with Gasteiger partial charge in [-0.1, -0.05) is 5.16 Å². The number of carbonyl (C=O) groups excluding carboxylic acids is 1. The van der Waals surface area contributed by atoms with Crippen LogP contribution in [0.5, 0.6) is 5.75 Å². The fourth-order valence-corrected chi connectivity index (χ4v) is 1.48. The van der Waals surface area contributed by atoms with Gasteiger partial charge in [0.1, 0.15) is 18.9 Å². The number of hydrogen-bond donors (Lipinski definition) is 1. The number of benzene rings is 1. The number of amides is 1. The second kappa shape index (κ2) is 6.63. The predicted octanol–water partition coefficient (Wildman–Crippen LogP) is 2.82. The first-order chi connectivity index (χ1) is 10.7. The molecule has 5 nitrogen and oxygen atoms in total. The van der Waals surface area contributed by atoms with Crippen LogP contribution in [-0.4, -0.2) is 23.8 Å². The van der Waals surface area contributed by atoms with E-state index in [1.54, 1.807) is 5.32 Å². The standard InChI is InChI=1S/C13H9F5N2O3/c14-9-2-1-7(3-10(9)15)22-5-8-4-11(20-23-8)12(21)19-6-13(16,17)18/h1-4H,5-6H2,(H,19,21). The molecule has 0 aliphatic heterocycles. The molecule has 1 amide bonds. The largest absolute Gasteiger partial charge is 0.485 e. The average molecular weight is 336 g/mol. The van der Waals surface area contributed by atoms with Crippen LogP contribution in [0, 0.1) is 11.6 Å². The van der Waals surface area contributed by atoms with E-state index in [1.807, 2.05) is 0 Å². The quantitative estimate of drug-likeness (QED) is 0.853. The molecule has 0 saturated heterocycles. The predicted molar refractivity (Wildman–Crippen MR) is 65.6 cm³/mol. The first kappa shape index (κ1) is 16.7. The van der Waals surface area contributed by atoms with Gasteiger partial charge in [-0.05, 0) is 12.1 Å². The number of nitrogens with one attached hydrogen (secondary N) is 1. The summed E-state index contributed by atoms with van der Waals surface area (Å²) >= 11 is 0. The van der Waals surface area contributed by atoms with Gasteiger partial charge < -0.3 is 14.6 Å². The van der Waals surface area contributed by atoms with Crippen LogP contribution >= 0.6 is 0 Å². The maximum atomic E-state index is 13.0. The van der Waals surface area contributed by atoms with E-state index < -0.39 is 30.3 Å². The van der Waals surface area contributed by atoms with Crippen molar-refractivity contribution < 1.29 is 36.0 Å². The van der Waals surface area contributed by atoms with Gasteiger partial charge in [-0.25, -0.2) is 8.78 Å². The molecule has 1 N–H and O–H groups in total. The van der Waals surface area contributed by atoms with Gasteiger partial charge in [0.25, 0.3) is 5.91 Å². The fraction of sp³-hybridized carbons (Fsp3) is 0.231. The molecule has 2 rings (SSSR count). The number of rotatable bonds is 5. The third-order valence-electron chi connectivity index (χ3n) is 2.51. The molecular formula is C13H9F5N2O3. The van der Waals surface area contributed by atoms with Crippen LogP contribution in [0.1, 0.15) is 16.2 Å². The van der Waals surface area contributed by atoms with Gasteiger partial charge in [0, 0.05) is 12.1 Å². The Morgan fingerprint density at radius 2 is 1.96 bits per heavy atom. The number of nitrogens with zero attached hydrogens (tertiary/aromatic N) is 1. The number of ether oxygens (including phenoxy) is 1. The van der Waals surface area contributed by atoms with Crippen molar-refractivity contribution in [1.82, 2.24) is 10.5 Å². The van der Waals surface area contributed by atoms with Crippen LogP contribution in [-0.2, 0) is 6.61 Å². The molecule has 0 aliphatic rings. The summed E-state index contributed by atoms with van der Waals surface area (Å²) < 4.78 is 71.4. The molecule has 0 radical (unpaired) electrons. The van der Waals surface area contributed by atoms with E-state index >= 15 is 0 Å². The Balaban J connectivity index is 1.91. The van der Waals surface area contributed by atoms with Gasteiger partial charge in [-0.3, -0.25) is 4.79 Å². The Morgan fingerprint density at radius 3 is 2.61 bits per heavy atom. The molecule has 1 aromatic carbocycles. The minimum atomic E-state index is -4.54. The minimum Gasteiger partial charge on any atom is -0.485 e. The van der Waals surface area contributed by atoms with Crippen molar-refractivity contribution in [2.45, 2.75) is 12.8 Å². The third kappa shape index (κ3) is 4.94. The van der Waals surface area contributed by atoms with Crippen LogP contribution in [0.25, 0.3) is 0 Å². The molecule has 10 heteroatoms. The summed E-state index contributed by atoms with van der Waals surface area (Å²) in [5.74, 6) is -3.19. The number of aromatic nitrogens is 1. The van der Waals surface area contributed by atoms with Gasteiger partial charge in [-0.2, -0.15) is 13.2 Å². The van der Waals surface area contributed by atoms with Crippen molar-refractivity contribution in [3.63, 3.8) is 0 Å². The second-order valence-corrected chi connectivity index (χ2v) is 4.34. The van der Waals surface area contributed by atoms with Gasteiger partial charge in [0.2, 0.25) is 0 Å². The molecule has 1 aromatic heterocycles. The Hall–Kier alpha value is -2.65. The van der Waals surface area contributed by atoms with E-state index in [0.717, 1.165) is 18.2 Å². The van der Waals surface area contributed by atoms with Crippen LogP contribution in [0.15, 0.2) is 28.8 Å². The van der Waals surface area contributed by atoms with Crippen molar-refractivity contribution in [3.05, 3.63) is 47.4 Å². The van der Waals surface area contributed by atoms with Gasteiger partial charge in [-0.15, -0.1) is 0 Å². The summed E-state index contributed by atoms with van der Waals surface area (Å²) in [6, 6.07) is 3.92. The first-order valence-corrected chi connectivity index (χ1v) is 6.13. The SMILES string of the molecule is O=C(NCC(F)(F)F)c1cc(COc2ccc(F)c(F)c2)on1. The third-order valence-corrected chi connectivity index (χ3v) is 2.51. The van der Waals surface area contributed by atoms with Gasteiger partial charge in [0.15, 0.2) is 23.1 Å². The zero-order chi connectivity index (χ0) is 17.0. The fourth-order valence-electron chi connectivity index (χ4n) is 1.48. The normalized spacial score (nSPS) is 11.3. The lowest BCUT2D eigenvalue weighted by Gasteiger charge is -2.06. The highest BCUT2D eigenvalue weighted by atomic mass is 19.4. The molecule has 0 aliphatic carbocycles. The average Bonchev–Trinajstić information content (AvgIpc) is 2.94. The molecule has 0 saturated carbocycles. The minimum absolute atomic E-state index is 0.00312. The first-order valence-electron chi connectivity index (χ1n) is 6.13. The molecule has 124 valence electrons. The van der Waals surface area contributed by atoms with Crippen molar-refractivity contribution >= 4 is 5.91 Å². The molecule has 0 bridgehead atoms. The topological polar surface area (TPSA) is 64.4 Å². The van der Waals surface area contributed by atoms with E-state index in [9.17, 15) is 26.7 Å². The van der Waals surface area contributed by atoms with Crippen molar-refractivity contribution in [2.24, 2.45) is 0 Å². The maximum absolute atomic E-state index is 13.0. The number of hydrogen-bond acceptors (Lipinski definition) is 4. The lowest BCUT2D eigenvalue weighted by atomic mass is 10.3.